The van der Waals surface area contributed by atoms with Gasteiger partial charge in [0.1, 0.15) is 5.69 Å². The second-order valence-corrected chi connectivity index (χ2v) is 5.68. The Hall–Kier alpha value is -2.62. The van der Waals surface area contributed by atoms with Gasteiger partial charge in [0, 0.05) is 5.56 Å². The van der Waals surface area contributed by atoms with Gasteiger partial charge in [-0.1, -0.05) is 0 Å². The van der Waals surface area contributed by atoms with Crippen molar-refractivity contribution in [1.29, 1.82) is 0 Å². The number of ether oxygens (including phenoxy) is 4. The van der Waals surface area contributed by atoms with E-state index >= 15 is 0 Å². The predicted molar refractivity (Wildman–Crippen MR) is 94.2 cm³/mol. The van der Waals surface area contributed by atoms with E-state index in [0.29, 0.717) is 27.2 Å². The summed E-state index contributed by atoms with van der Waals surface area (Å²) < 4.78 is 21.1. The zero-order valence-electron chi connectivity index (χ0n) is 14.5. The van der Waals surface area contributed by atoms with Crippen LogP contribution in [0.3, 0.4) is 0 Å². The minimum Gasteiger partial charge on any atom is -0.493 e. The van der Waals surface area contributed by atoms with Gasteiger partial charge in [-0.3, -0.25) is 0 Å². The minimum absolute atomic E-state index is 0.0565. The SMILES string of the molecule is CCOC(=O)COc1c(Br)cc(-c2n[nH]nc2C(=O)OCC)cc1OC. The van der Waals surface area contributed by atoms with E-state index in [9.17, 15) is 9.59 Å². The minimum atomic E-state index is -0.589. The standard InChI is InChI=1S/C16H18BrN3O6/c1-4-24-12(21)8-26-15-10(17)6-9(7-11(15)23-3)13-14(19-20-18-13)16(22)25-5-2/h6-7H,4-5,8H2,1-3H3,(H,18,19,20). The molecule has 0 saturated heterocycles. The van der Waals surface area contributed by atoms with E-state index in [-0.39, 0.29) is 25.5 Å². The maximum absolute atomic E-state index is 12.0. The third-order valence-electron chi connectivity index (χ3n) is 3.16. The molecular formula is C16H18BrN3O6. The topological polar surface area (TPSA) is 113 Å². The van der Waals surface area contributed by atoms with E-state index in [2.05, 4.69) is 31.3 Å². The molecular weight excluding hydrogens is 410 g/mol. The molecule has 1 aromatic carbocycles. The number of rotatable bonds is 8. The van der Waals surface area contributed by atoms with Crippen molar-refractivity contribution in [1.82, 2.24) is 15.4 Å². The summed E-state index contributed by atoms with van der Waals surface area (Å²) in [6.45, 7) is 3.64. The van der Waals surface area contributed by atoms with E-state index in [0.717, 1.165) is 0 Å². The van der Waals surface area contributed by atoms with Crippen LogP contribution in [0.4, 0.5) is 0 Å². The average Bonchev–Trinajstić information content (AvgIpc) is 3.10. The number of hydrogen-bond donors (Lipinski definition) is 1. The lowest BCUT2D eigenvalue weighted by molar-refractivity contribution is -0.145. The van der Waals surface area contributed by atoms with Crippen molar-refractivity contribution in [3.63, 3.8) is 0 Å². The zero-order chi connectivity index (χ0) is 19.1. The van der Waals surface area contributed by atoms with Gasteiger partial charge in [-0.05, 0) is 41.9 Å². The number of aromatic nitrogens is 3. The van der Waals surface area contributed by atoms with Crippen LogP contribution in [0.1, 0.15) is 24.3 Å². The first-order valence-electron chi connectivity index (χ1n) is 7.75. The van der Waals surface area contributed by atoms with Crippen LogP contribution in [0.15, 0.2) is 16.6 Å². The van der Waals surface area contributed by atoms with Crippen LogP contribution in [-0.4, -0.2) is 54.3 Å². The van der Waals surface area contributed by atoms with E-state index in [4.69, 9.17) is 18.9 Å². The lowest BCUT2D eigenvalue weighted by Crippen LogP contribution is -2.15. The highest BCUT2D eigenvalue weighted by atomic mass is 79.9. The molecule has 2 rings (SSSR count). The second-order valence-electron chi connectivity index (χ2n) is 4.82. The maximum Gasteiger partial charge on any atom is 0.361 e. The van der Waals surface area contributed by atoms with Gasteiger partial charge >= 0.3 is 11.9 Å². The Morgan fingerprint density at radius 1 is 1.15 bits per heavy atom. The Balaban J connectivity index is 2.33. The van der Waals surface area contributed by atoms with Gasteiger partial charge in [0.05, 0.1) is 24.8 Å². The summed E-state index contributed by atoms with van der Waals surface area (Å²) in [5.74, 6) is -0.414. The predicted octanol–water partition coefficient (Wildman–Crippen LogP) is 2.36. The molecule has 140 valence electrons. The maximum atomic E-state index is 12.0. The number of carbonyl (C=O) groups excluding carboxylic acids is 2. The van der Waals surface area contributed by atoms with Crippen molar-refractivity contribution in [3.05, 3.63) is 22.3 Å². The number of aromatic amines is 1. The highest BCUT2D eigenvalue weighted by molar-refractivity contribution is 9.10. The lowest BCUT2D eigenvalue weighted by Gasteiger charge is -2.13. The van der Waals surface area contributed by atoms with Gasteiger partial charge in [0.15, 0.2) is 23.8 Å². The van der Waals surface area contributed by atoms with Crippen molar-refractivity contribution in [2.75, 3.05) is 26.9 Å². The summed E-state index contributed by atoms with van der Waals surface area (Å²) in [6.07, 6.45) is 0. The lowest BCUT2D eigenvalue weighted by atomic mass is 10.1. The molecule has 9 nitrogen and oxygen atoms in total. The first-order chi connectivity index (χ1) is 12.5. The van der Waals surface area contributed by atoms with Crippen LogP contribution in [0.5, 0.6) is 11.5 Å². The van der Waals surface area contributed by atoms with E-state index in [1.54, 1.807) is 26.0 Å². The van der Waals surface area contributed by atoms with Gasteiger partial charge in [-0.15, -0.1) is 5.10 Å². The first kappa shape index (κ1) is 19.7. The molecule has 0 aliphatic heterocycles. The van der Waals surface area contributed by atoms with Crippen LogP contribution in [0.2, 0.25) is 0 Å². The molecule has 26 heavy (non-hydrogen) atoms. The number of esters is 2. The summed E-state index contributed by atoms with van der Waals surface area (Å²) in [6, 6.07) is 3.29. The smallest absolute Gasteiger partial charge is 0.361 e. The van der Waals surface area contributed by atoms with Gasteiger partial charge < -0.3 is 18.9 Å². The molecule has 1 aromatic heterocycles. The fraction of sp³-hybridized carbons (Fsp3) is 0.375. The molecule has 0 radical (unpaired) electrons. The Kier molecular flexibility index (Phi) is 6.96. The molecule has 1 heterocycles. The first-order valence-corrected chi connectivity index (χ1v) is 8.55. The van der Waals surface area contributed by atoms with Gasteiger partial charge in [0.2, 0.25) is 0 Å². The van der Waals surface area contributed by atoms with Crippen molar-refractivity contribution < 1.29 is 28.5 Å². The fourth-order valence-corrected chi connectivity index (χ4v) is 2.66. The average molecular weight is 428 g/mol. The molecule has 0 saturated carbocycles. The van der Waals surface area contributed by atoms with E-state index in [1.807, 2.05) is 0 Å². The van der Waals surface area contributed by atoms with Crippen LogP contribution in [0.25, 0.3) is 11.3 Å². The summed E-state index contributed by atoms with van der Waals surface area (Å²) >= 11 is 3.37. The Labute approximate surface area is 158 Å². The number of methoxy groups -OCH3 is 1. The number of nitrogens with one attached hydrogen (secondary N) is 1. The highest BCUT2D eigenvalue weighted by Gasteiger charge is 2.22. The number of nitrogens with zero attached hydrogens (tertiary/aromatic N) is 2. The van der Waals surface area contributed by atoms with Crippen LogP contribution >= 0.6 is 15.9 Å². The molecule has 0 bridgehead atoms. The van der Waals surface area contributed by atoms with Crippen LogP contribution in [0, 0.1) is 0 Å². The quantitative estimate of drug-likeness (QED) is 0.638. The Bertz CT molecular complexity index is 792. The van der Waals surface area contributed by atoms with Crippen molar-refractivity contribution in [2.45, 2.75) is 13.8 Å². The number of carbonyl (C=O) groups is 2. The third kappa shape index (κ3) is 4.51. The van der Waals surface area contributed by atoms with Gasteiger partial charge in [-0.2, -0.15) is 10.3 Å². The highest BCUT2D eigenvalue weighted by Crippen LogP contribution is 2.39. The van der Waals surface area contributed by atoms with Crippen LogP contribution in [-0.2, 0) is 14.3 Å². The molecule has 10 heteroatoms. The number of hydrogen-bond acceptors (Lipinski definition) is 8. The summed E-state index contributed by atoms with van der Waals surface area (Å²) in [7, 11) is 1.46. The normalized spacial score (nSPS) is 10.3. The second kappa shape index (κ2) is 9.18. The largest absolute Gasteiger partial charge is 0.493 e. The van der Waals surface area contributed by atoms with E-state index in [1.165, 1.54) is 7.11 Å². The van der Waals surface area contributed by atoms with Gasteiger partial charge in [-0.25, -0.2) is 9.59 Å². The summed E-state index contributed by atoms with van der Waals surface area (Å²) in [4.78, 5) is 23.5. The van der Waals surface area contributed by atoms with Crippen LogP contribution < -0.4 is 9.47 Å². The molecule has 0 aliphatic rings. The molecule has 0 aliphatic carbocycles. The van der Waals surface area contributed by atoms with E-state index < -0.39 is 11.9 Å². The fourth-order valence-electron chi connectivity index (χ4n) is 2.10. The molecule has 0 fully saturated rings. The molecule has 0 amide bonds. The molecule has 1 N–H and O–H groups in total. The number of benzene rings is 1. The third-order valence-corrected chi connectivity index (χ3v) is 3.75. The van der Waals surface area contributed by atoms with Gasteiger partial charge in [0.25, 0.3) is 0 Å². The number of H-pyrrole nitrogens is 1. The van der Waals surface area contributed by atoms with Crippen molar-refractivity contribution >= 4 is 27.9 Å². The Morgan fingerprint density at radius 3 is 2.54 bits per heavy atom. The molecule has 0 atom stereocenters. The monoisotopic (exact) mass is 427 g/mol. The zero-order valence-corrected chi connectivity index (χ0v) is 16.1. The number of halogens is 1. The molecule has 2 aromatic rings. The van der Waals surface area contributed by atoms with Crippen molar-refractivity contribution in [3.8, 4) is 22.8 Å². The Morgan fingerprint density at radius 2 is 1.88 bits per heavy atom. The summed E-state index contributed by atoms with van der Waals surface area (Å²) in [5, 5.41) is 10.3. The summed E-state index contributed by atoms with van der Waals surface area (Å²) in [5.41, 5.74) is 0.911. The molecule has 0 unspecified atom stereocenters. The molecule has 0 spiro atoms. The van der Waals surface area contributed by atoms with Crippen molar-refractivity contribution in [2.24, 2.45) is 0 Å².